The fourth-order valence-electron chi connectivity index (χ4n) is 2.42. The van der Waals surface area contributed by atoms with Crippen molar-refractivity contribution in [3.05, 3.63) is 60.3 Å². The lowest BCUT2D eigenvalue weighted by Crippen LogP contribution is -2.26. The van der Waals surface area contributed by atoms with Gasteiger partial charge >= 0.3 is 5.97 Å². The van der Waals surface area contributed by atoms with Gasteiger partial charge < -0.3 is 4.74 Å². The largest absolute Gasteiger partial charge is 0.454 e. The zero-order chi connectivity index (χ0) is 18.7. The van der Waals surface area contributed by atoms with Gasteiger partial charge in [-0.05, 0) is 24.3 Å². The molecule has 0 bridgehead atoms. The number of para-hydroxylation sites is 1. The van der Waals surface area contributed by atoms with E-state index >= 15 is 0 Å². The molecule has 0 N–H and O–H groups in total. The van der Waals surface area contributed by atoms with E-state index in [9.17, 15) is 9.59 Å². The monoisotopic (exact) mass is 348 g/mol. The minimum atomic E-state index is -0.556. The Labute approximate surface area is 152 Å². The normalized spacial score (nSPS) is 11.3. The van der Waals surface area contributed by atoms with Gasteiger partial charge in [0.2, 0.25) is 0 Å². The van der Waals surface area contributed by atoms with Crippen LogP contribution in [0.4, 0.5) is 0 Å². The molecule has 5 nitrogen and oxygen atoms in total. The summed E-state index contributed by atoms with van der Waals surface area (Å²) in [5.74, 6) is -0.674. The number of carbonyl (C=O) groups excluding carboxylic acids is 2. The van der Waals surface area contributed by atoms with Crippen LogP contribution >= 0.6 is 0 Å². The number of hydrogen-bond donors (Lipinski definition) is 0. The molecule has 0 unspecified atom stereocenters. The number of benzene rings is 1. The maximum Gasteiger partial charge on any atom is 0.339 e. The molecule has 0 fully saturated rings. The maximum atomic E-state index is 12.7. The average molecular weight is 348 g/mol. The Hall–Kier alpha value is -3.08. The third-order valence-corrected chi connectivity index (χ3v) is 4.03. The Morgan fingerprint density at radius 1 is 1.00 bits per heavy atom. The Kier molecular flexibility index (Phi) is 4.80. The zero-order valence-electron chi connectivity index (χ0n) is 15.0. The smallest absolute Gasteiger partial charge is 0.339 e. The molecule has 0 aliphatic carbocycles. The number of rotatable bonds is 4. The highest BCUT2D eigenvalue weighted by Crippen LogP contribution is 2.24. The summed E-state index contributed by atoms with van der Waals surface area (Å²) in [6, 6.07) is 14.5. The number of hydrogen-bond acceptors (Lipinski definition) is 5. The lowest BCUT2D eigenvalue weighted by molar-refractivity contribution is -0.129. The van der Waals surface area contributed by atoms with Gasteiger partial charge in [-0.15, -0.1) is 0 Å². The van der Waals surface area contributed by atoms with Gasteiger partial charge in [-0.25, -0.2) is 9.78 Å². The van der Waals surface area contributed by atoms with Crippen LogP contribution in [0, 0.1) is 5.41 Å². The summed E-state index contributed by atoms with van der Waals surface area (Å²) in [5, 5.41) is 0.681. The number of ketones is 1. The minimum Gasteiger partial charge on any atom is -0.454 e. The third-order valence-electron chi connectivity index (χ3n) is 4.03. The molecule has 132 valence electrons. The molecule has 2 heterocycles. The van der Waals surface area contributed by atoms with Crippen LogP contribution in [-0.2, 0) is 9.53 Å². The lowest BCUT2D eigenvalue weighted by atomic mass is 9.91. The number of Topliss-reactive ketones (excluding diaryl/α,β-unsaturated/α-hetero) is 1. The quantitative estimate of drug-likeness (QED) is 0.665. The summed E-state index contributed by atoms with van der Waals surface area (Å²) < 4.78 is 5.28. The predicted octanol–water partition coefficient (Wildman–Crippen LogP) is 4.07. The van der Waals surface area contributed by atoms with Gasteiger partial charge in [0.05, 0.1) is 22.5 Å². The van der Waals surface area contributed by atoms with Crippen molar-refractivity contribution < 1.29 is 14.3 Å². The SMILES string of the molecule is CC(C)(C)C(=O)COC(=O)c1cc(-c2ccccn2)nc2ccccc12. The maximum absolute atomic E-state index is 12.7. The number of nitrogens with zero attached hydrogens (tertiary/aromatic N) is 2. The highest BCUT2D eigenvalue weighted by molar-refractivity contribution is 6.05. The van der Waals surface area contributed by atoms with Crippen molar-refractivity contribution >= 4 is 22.7 Å². The van der Waals surface area contributed by atoms with Crippen LogP contribution in [0.5, 0.6) is 0 Å². The summed E-state index contributed by atoms with van der Waals surface area (Å²) >= 11 is 0. The molecule has 1 aromatic carbocycles. The molecule has 2 aromatic heterocycles. The third kappa shape index (κ3) is 3.77. The van der Waals surface area contributed by atoms with E-state index in [1.807, 2.05) is 42.5 Å². The Morgan fingerprint density at radius 2 is 1.73 bits per heavy atom. The molecule has 0 aliphatic rings. The summed E-state index contributed by atoms with van der Waals surface area (Å²) in [6.07, 6.45) is 1.67. The Morgan fingerprint density at radius 3 is 2.42 bits per heavy atom. The van der Waals surface area contributed by atoms with Crippen LogP contribution in [-0.4, -0.2) is 28.3 Å². The van der Waals surface area contributed by atoms with Crippen LogP contribution in [0.3, 0.4) is 0 Å². The number of fused-ring (bicyclic) bond motifs is 1. The van der Waals surface area contributed by atoms with Gasteiger partial charge in [0.1, 0.15) is 0 Å². The Balaban J connectivity index is 1.99. The second kappa shape index (κ2) is 7.04. The van der Waals surface area contributed by atoms with E-state index in [0.29, 0.717) is 27.9 Å². The molecule has 0 atom stereocenters. The molecular formula is C21H20N2O3. The summed E-state index contributed by atoms with van der Waals surface area (Å²) in [5.41, 5.74) is 1.74. The topological polar surface area (TPSA) is 69.2 Å². The highest BCUT2D eigenvalue weighted by atomic mass is 16.5. The Bertz CT molecular complexity index is 960. The van der Waals surface area contributed by atoms with Crippen molar-refractivity contribution in [2.45, 2.75) is 20.8 Å². The summed E-state index contributed by atoms with van der Waals surface area (Å²) in [7, 11) is 0. The van der Waals surface area contributed by atoms with E-state index in [0.717, 1.165) is 0 Å². The van der Waals surface area contributed by atoms with Crippen LogP contribution in [0.2, 0.25) is 0 Å². The molecule has 0 aliphatic heterocycles. The number of esters is 1. The minimum absolute atomic E-state index is 0.130. The van der Waals surface area contributed by atoms with Crippen molar-refractivity contribution in [1.82, 2.24) is 9.97 Å². The van der Waals surface area contributed by atoms with Crippen LogP contribution in [0.15, 0.2) is 54.7 Å². The molecule has 0 spiro atoms. The molecule has 0 radical (unpaired) electrons. The molecule has 3 rings (SSSR count). The molecule has 5 heteroatoms. The van der Waals surface area contributed by atoms with Gasteiger partial charge in [-0.2, -0.15) is 0 Å². The van der Waals surface area contributed by atoms with Crippen molar-refractivity contribution in [3.8, 4) is 11.4 Å². The van der Waals surface area contributed by atoms with Crippen LogP contribution < -0.4 is 0 Å². The number of pyridine rings is 2. The molecule has 0 saturated heterocycles. The van der Waals surface area contributed by atoms with Crippen molar-refractivity contribution in [2.24, 2.45) is 5.41 Å². The van der Waals surface area contributed by atoms with Gasteiger partial charge in [-0.1, -0.05) is 45.0 Å². The second-order valence-corrected chi connectivity index (χ2v) is 7.04. The molecule has 0 saturated carbocycles. The standard InChI is InChI=1S/C21H20N2O3/c1-21(2,3)19(24)13-26-20(25)15-12-18(17-10-6-7-11-22-17)23-16-9-5-4-8-14(15)16/h4-12H,13H2,1-3H3. The van der Waals surface area contributed by atoms with Crippen LogP contribution in [0.25, 0.3) is 22.3 Å². The van der Waals surface area contributed by atoms with E-state index in [2.05, 4.69) is 9.97 Å². The highest BCUT2D eigenvalue weighted by Gasteiger charge is 2.23. The van der Waals surface area contributed by atoms with Crippen molar-refractivity contribution in [1.29, 1.82) is 0 Å². The first kappa shape index (κ1) is 17.7. The number of aromatic nitrogens is 2. The van der Waals surface area contributed by atoms with Crippen molar-refractivity contribution in [3.63, 3.8) is 0 Å². The average Bonchev–Trinajstić information content (AvgIpc) is 2.64. The fourth-order valence-corrected chi connectivity index (χ4v) is 2.42. The fraction of sp³-hybridized carbons (Fsp3) is 0.238. The van der Waals surface area contributed by atoms with E-state index in [4.69, 9.17) is 4.74 Å². The molecule has 26 heavy (non-hydrogen) atoms. The van der Waals surface area contributed by atoms with Gasteiger partial charge in [0, 0.05) is 17.0 Å². The first-order valence-corrected chi connectivity index (χ1v) is 8.38. The molecule has 0 amide bonds. The van der Waals surface area contributed by atoms with E-state index in [1.54, 1.807) is 33.0 Å². The predicted molar refractivity (Wildman–Crippen MR) is 99.7 cm³/mol. The second-order valence-electron chi connectivity index (χ2n) is 7.04. The molecule has 3 aromatic rings. The number of carbonyl (C=O) groups is 2. The summed E-state index contributed by atoms with van der Waals surface area (Å²) in [4.78, 5) is 33.6. The first-order valence-electron chi connectivity index (χ1n) is 8.38. The van der Waals surface area contributed by atoms with Gasteiger partial charge in [0.25, 0.3) is 0 Å². The summed E-state index contributed by atoms with van der Waals surface area (Å²) in [6.45, 7) is 5.14. The molecular weight excluding hydrogens is 328 g/mol. The lowest BCUT2D eigenvalue weighted by Gasteiger charge is -2.16. The van der Waals surface area contributed by atoms with Gasteiger partial charge in [0.15, 0.2) is 12.4 Å². The van der Waals surface area contributed by atoms with E-state index in [-0.39, 0.29) is 12.4 Å². The van der Waals surface area contributed by atoms with Gasteiger partial charge in [-0.3, -0.25) is 9.78 Å². The van der Waals surface area contributed by atoms with E-state index in [1.165, 1.54) is 0 Å². The number of ether oxygens (including phenoxy) is 1. The van der Waals surface area contributed by atoms with Crippen molar-refractivity contribution in [2.75, 3.05) is 6.61 Å². The zero-order valence-corrected chi connectivity index (χ0v) is 15.0. The van der Waals surface area contributed by atoms with Crippen LogP contribution in [0.1, 0.15) is 31.1 Å². The van der Waals surface area contributed by atoms with E-state index < -0.39 is 11.4 Å². The first-order chi connectivity index (χ1) is 12.4.